The van der Waals surface area contributed by atoms with Gasteiger partial charge in [-0.2, -0.15) is 4.37 Å². The number of aryl methyl sites for hydroxylation is 1. The van der Waals surface area contributed by atoms with E-state index in [-0.39, 0.29) is 5.97 Å². The standard InChI is InChI=1S/C9H12N2O2S2/c1-6(8(12)13-3)4-5-14-9-10-7(2)11-15-9/h4H,5H2,1-3H3. The number of hydrogen-bond acceptors (Lipinski definition) is 6. The SMILES string of the molecule is COC(=O)C(C)=CCSc1nc(C)ns1. The number of rotatable bonds is 4. The highest BCUT2D eigenvalue weighted by atomic mass is 32.2. The number of aromatic nitrogens is 2. The van der Waals surface area contributed by atoms with Crippen LogP contribution in [0.3, 0.4) is 0 Å². The molecule has 1 aromatic heterocycles. The van der Waals surface area contributed by atoms with E-state index >= 15 is 0 Å². The van der Waals surface area contributed by atoms with E-state index in [1.54, 1.807) is 18.7 Å². The number of hydrogen-bond donors (Lipinski definition) is 0. The first-order chi connectivity index (χ1) is 7.13. The lowest BCUT2D eigenvalue weighted by Crippen LogP contribution is -2.01. The predicted molar refractivity (Wildman–Crippen MR) is 61.1 cm³/mol. The summed E-state index contributed by atoms with van der Waals surface area (Å²) in [4.78, 5) is 15.2. The van der Waals surface area contributed by atoms with Gasteiger partial charge in [0.15, 0.2) is 4.34 Å². The fraction of sp³-hybridized carbons (Fsp3) is 0.444. The number of ether oxygens (including phenoxy) is 1. The number of methoxy groups -OCH3 is 1. The van der Waals surface area contributed by atoms with Crippen LogP contribution in [-0.2, 0) is 9.53 Å². The maximum absolute atomic E-state index is 11.0. The van der Waals surface area contributed by atoms with Crippen LogP contribution in [0.2, 0.25) is 0 Å². The number of thioether (sulfide) groups is 1. The maximum atomic E-state index is 11.0. The molecule has 1 aromatic rings. The molecule has 1 rings (SSSR count). The highest BCUT2D eigenvalue weighted by molar-refractivity contribution is 8.01. The van der Waals surface area contributed by atoms with E-state index in [0.717, 1.165) is 10.2 Å². The van der Waals surface area contributed by atoms with Crippen LogP contribution in [0.4, 0.5) is 0 Å². The van der Waals surface area contributed by atoms with Crippen molar-refractivity contribution in [3.05, 3.63) is 17.5 Å². The van der Waals surface area contributed by atoms with Crippen LogP contribution in [-0.4, -0.2) is 28.2 Å². The first-order valence-corrected chi connectivity index (χ1v) is 6.07. The zero-order chi connectivity index (χ0) is 11.3. The van der Waals surface area contributed by atoms with Crippen LogP contribution < -0.4 is 0 Å². The minimum atomic E-state index is -0.288. The minimum absolute atomic E-state index is 0.288. The quantitative estimate of drug-likeness (QED) is 0.461. The highest BCUT2D eigenvalue weighted by Gasteiger charge is 2.03. The van der Waals surface area contributed by atoms with Crippen molar-refractivity contribution < 1.29 is 9.53 Å². The van der Waals surface area contributed by atoms with Crippen LogP contribution in [0.25, 0.3) is 0 Å². The van der Waals surface area contributed by atoms with Crippen molar-refractivity contribution >= 4 is 29.3 Å². The second kappa shape index (κ2) is 5.87. The van der Waals surface area contributed by atoms with Crippen molar-refractivity contribution in [2.24, 2.45) is 0 Å². The smallest absolute Gasteiger partial charge is 0.333 e. The maximum Gasteiger partial charge on any atom is 0.333 e. The van der Waals surface area contributed by atoms with E-state index in [9.17, 15) is 4.79 Å². The molecule has 6 heteroatoms. The van der Waals surface area contributed by atoms with Crippen molar-refractivity contribution in [1.29, 1.82) is 0 Å². The van der Waals surface area contributed by atoms with E-state index < -0.39 is 0 Å². The summed E-state index contributed by atoms with van der Waals surface area (Å²) >= 11 is 2.93. The predicted octanol–water partition coefficient (Wildman–Crippen LogP) is 2.06. The second-order valence-electron chi connectivity index (χ2n) is 2.80. The fourth-order valence-corrected chi connectivity index (χ4v) is 2.44. The van der Waals surface area contributed by atoms with Gasteiger partial charge >= 0.3 is 5.97 Å². The Hall–Kier alpha value is -0.880. The number of nitrogens with zero attached hydrogens (tertiary/aromatic N) is 2. The molecular weight excluding hydrogens is 232 g/mol. The second-order valence-corrected chi connectivity index (χ2v) is 4.82. The van der Waals surface area contributed by atoms with Gasteiger partial charge in [0.05, 0.1) is 7.11 Å². The molecule has 4 nitrogen and oxygen atoms in total. The summed E-state index contributed by atoms with van der Waals surface area (Å²) in [6.45, 7) is 3.59. The van der Waals surface area contributed by atoms with Gasteiger partial charge in [0.25, 0.3) is 0 Å². The zero-order valence-corrected chi connectivity index (χ0v) is 10.4. The summed E-state index contributed by atoms with van der Waals surface area (Å²) in [5.74, 6) is 1.20. The molecule has 0 spiro atoms. The Labute approximate surface area is 96.9 Å². The van der Waals surface area contributed by atoms with Crippen molar-refractivity contribution in [2.45, 2.75) is 18.2 Å². The zero-order valence-electron chi connectivity index (χ0n) is 8.81. The number of carbonyl (C=O) groups excluding carboxylic acids is 1. The third-order valence-electron chi connectivity index (χ3n) is 1.61. The molecule has 0 radical (unpaired) electrons. The van der Waals surface area contributed by atoms with E-state index in [1.807, 2.05) is 13.0 Å². The van der Waals surface area contributed by atoms with Crippen LogP contribution in [0.1, 0.15) is 12.7 Å². The van der Waals surface area contributed by atoms with Gasteiger partial charge < -0.3 is 4.74 Å². The van der Waals surface area contributed by atoms with E-state index in [2.05, 4.69) is 14.1 Å². The van der Waals surface area contributed by atoms with Crippen LogP contribution in [0.5, 0.6) is 0 Å². The molecule has 0 saturated carbocycles. The van der Waals surface area contributed by atoms with Crippen molar-refractivity contribution in [1.82, 2.24) is 9.36 Å². The molecule has 0 atom stereocenters. The molecule has 0 N–H and O–H groups in total. The average molecular weight is 244 g/mol. The Bertz CT molecular complexity index is 374. The topological polar surface area (TPSA) is 52.1 Å². The van der Waals surface area contributed by atoms with Gasteiger partial charge in [-0.25, -0.2) is 9.78 Å². The first kappa shape index (κ1) is 12.2. The summed E-state index contributed by atoms with van der Waals surface area (Å²) in [5.41, 5.74) is 0.617. The summed E-state index contributed by atoms with van der Waals surface area (Å²) in [6.07, 6.45) is 1.83. The lowest BCUT2D eigenvalue weighted by atomic mass is 10.3. The molecule has 0 saturated heterocycles. The number of carbonyl (C=O) groups is 1. The van der Waals surface area contributed by atoms with Gasteiger partial charge in [-0.1, -0.05) is 17.8 Å². The number of esters is 1. The van der Waals surface area contributed by atoms with Gasteiger partial charge in [0.2, 0.25) is 0 Å². The molecule has 0 bridgehead atoms. The summed E-state index contributed by atoms with van der Waals surface area (Å²) in [5, 5.41) is 0. The lowest BCUT2D eigenvalue weighted by Gasteiger charge is -1.97. The minimum Gasteiger partial charge on any atom is -0.466 e. The Morgan fingerprint density at radius 1 is 1.67 bits per heavy atom. The molecule has 0 aliphatic carbocycles. The molecule has 0 amide bonds. The van der Waals surface area contributed by atoms with Crippen molar-refractivity contribution in [3.63, 3.8) is 0 Å². The lowest BCUT2D eigenvalue weighted by molar-refractivity contribution is -0.136. The Balaban J connectivity index is 2.41. The molecule has 82 valence electrons. The van der Waals surface area contributed by atoms with Crippen molar-refractivity contribution in [2.75, 3.05) is 12.9 Å². The van der Waals surface area contributed by atoms with Gasteiger partial charge in [-0.3, -0.25) is 0 Å². The average Bonchev–Trinajstić information content (AvgIpc) is 2.63. The Morgan fingerprint density at radius 2 is 2.40 bits per heavy atom. The van der Waals surface area contributed by atoms with Crippen LogP contribution >= 0.6 is 23.3 Å². The molecule has 15 heavy (non-hydrogen) atoms. The normalized spacial score (nSPS) is 11.5. The summed E-state index contributed by atoms with van der Waals surface area (Å²) in [6, 6.07) is 0. The molecule has 0 fully saturated rings. The highest BCUT2D eigenvalue weighted by Crippen LogP contribution is 2.20. The van der Waals surface area contributed by atoms with Gasteiger partial charge in [0, 0.05) is 11.3 Å². The first-order valence-electron chi connectivity index (χ1n) is 4.31. The summed E-state index contributed by atoms with van der Waals surface area (Å²) < 4.78 is 9.56. The third kappa shape index (κ3) is 4.01. The van der Waals surface area contributed by atoms with E-state index in [1.165, 1.54) is 18.6 Å². The fourth-order valence-electron chi connectivity index (χ4n) is 0.819. The monoisotopic (exact) mass is 244 g/mol. The molecular formula is C9H12N2O2S2. The largest absolute Gasteiger partial charge is 0.466 e. The van der Waals surface area contributed by atoms with Crippen LogP contribution in [0, 0.1) is 6.92 Å². The molecule has 0 unspecified atom stereocenters. The summed E-state index contributed by atoms with van der Waals surface area (Å²) in [7, 11) is 1.38. The van der Waals surface area contributed by atoms with Gasteiger partial charge in [-0.05, 0) is 25.4 Å². The van der Waals surface area contributed by atoms with Crippen LogP contribution in [0.15, 0.2) is 16.0 Å². The molecule has 0 aromatic carbocycles. The Morgan fingerprint density at radius 3 is 2.93 bits per heavy atom. The van der Waals surface area contributed by atoms with E-state index in [4.69, 9.17) is 0 Å². The molecule has 1 heterocycles. The van der Waals surface area contributed by atoms with E-state index in [0.29, 0.717) is 11.3 Å². The molecule has 0 aliphatic rings. The molecule has 0 aliphatic heterocycles. The van der Waals surface area contributed by atoms with Gasteiger partial charge in [-0.15, -0.1) is 0 Å². The van der Waals surface area contributed by atoms with Gasteiger partial charge in [0.1, 0.15) is 5.82 Å². The third-order valence-corrected chi connectivity index (χ3v) is 3.46. The van der Waals surface area contributed by atoms with Crippen molar-refractivity contribution in [3.8, 4) is 0 Å². The Kier molecular flexibility index (Phi) is 4.77.